The van der Waals surface area contributed by atoms with E-state index >= 15 is 0 Å². The zero-order chi connectivity index (χ0) is 11.5. The molecule has 86 valence electrons. The Kier molecular flexibility index (Phi) is 3.68. The molecule has 15 heavy (non-hydrogen) atoms. The molecule has 1 amide bonds. The largest absolute Gasteiger partial charge is 0.480 e. The van der Waals surface area contributed by atoms with Crippen molar-refractivity contribution >= 4 is 11.9 Å². The van der Waals surface area contributed by atoms with Gasteiger partial charge in [0, 0.05) is 7.11 Å². The number of carbonyl (C=O) groups is 2. The predicted octanol–water partition coefficient (Wildman–Crippen LogP) is 0.535. The third kappa shape index (κ3) is 2.68. The molecule has 0 aliphatic heterocycles. The zero-order valence-corrected chi connectivity index (χ0v) is 9.08. The van der Waals surface area contributed by atoms with Crippen molar-refractivity contribution in [1.29, 1.82) is 0 Å². The van der Waals surface area contributed by atoms with Crippen molar-refractivity contribution in [2.75, 3.05) is 7.11 Å². The molecule has 0 bridgehead atoms. The van der Waals surface area contributed by atoms with Gasteiger partial charge in [-0.1, -0.05) is 0 Å². The maximum atomic E-state index is 11.5. The minimum absolute atomic E-state index is 0.184. The van der Waals surface area contributed by atoms with Crippen molar-refractivity contribution in [2.24, 2.45) is 0 Å². The summed E-state index contributed by atoms with van der Waals surface area (Å²) in [6, 6.07) is 0. The van der Waals surface area contributed by atoms with Gasteiger partial charge in [0.25, 0.3) is 0 Å². The molecule has 0 saturated heterocycles. The second-order valence-corrected chi connectivity index (χ2v) is 4.04. The molecule has 1 aliphatic rings. The number of hydrogen-bond donors (Lipinski definition) is 2. The van der Waals surface area contributed by atoms with Gasteiger partial charge in [-0.25, -0.2) is 4.79 Å². The summed E-state index contributed by atoms with van der Waals surface area (Å²) in [7, 11) is 1.52. The number of carboxylic acids is 1. The second kappa shape index (κ2) is 4.61. The lowest BCUT2D eigenvalue weighted by Gasteiger charge is -2.38. The lowest BCUT2D eigenvalue weighted by molar-refractivity contribution is -0.152. The van der Waals surface area contributed by atoms with Crippen LogP contribution >= 0.6 is 0 Å². The number of ether oxygens (including phenoxy) is 1. The standard InChI is InChI=1S/C10H17NO4/c1-7(15-2)6-8(12)11-10(9(13)14)4-3-5-10/h7H,3-6H2,1-2H3,(H,11,12)(H,13,14). The van der Waals surface area contributed by atoms with E-state index in [2.05, 4.69) is 5.32 Å². The average molecular weight is 215 g/mol. The molecule has 0 aromatic rings. The van der Waals surface area contributed by atoms with E-state index in [1.807, 2.05) is 0 Å². The minimum Gasteiger partial charge on any atom is -0.480 e. The first kappa shape index (κ1) is 12.0. The van der Waals surface area contributed by atoms with Crippen molar-refractivity contribution in [3.05, 3.63) is 0 Å². The molecule has 1 aliphatic carbocycles. The predicted molar refractivity (Wildman–Crippen MR) is 53.4 cm³/mol. The summed E-state index contributed by atoms with van der Waals surface area (Å²) in [6.07, 6.45) is 1.92. The van der Waals surface area contributed by atoms with Gasteiger partial charge in [0.2, 0.25) is 5.91 Å². The highest BCUT2D eigenvalue weighted by molar-refractivity contribution is 5.87. The second-order valence-electron chi connectivity index (χ2n) is 4.04. The Bertz CT molecular complexity index is 260. The quantitative estimate of drug-likeness (QED) is 0.701. The highest BCUT2D eigenvalue weighted by Crippen LogP contribution is 2.32. The zero-order valence-electron chi connectivity index (χ0n) is 9.08. The summed E-state index contributed by atoms with van der Waals surface area (Å²) in [4.78, 5) is 22.4. The van der Waals surface area contributed by atoms with Gasteiger partial charge in [0.05, 0.1) is 12.5 Å². The van der Waals surface area contributed by atoms with E-state index in [0.717, 1.165) is 6.42 Å². The Hall–Kier alpha value is -1.10. The number of aliphatic carboxylic acids is 1. The maximum absolute atomic E-state index is 11.5. The van der Waals surface area contributed by atoms with Gasteiger partial charge in [-0.2, -0.15) is 0 Å². The third-order valence-corrected chi connectivity index (χ3v) is 2.87. The van der Waals surface area contributed by atoms with Crippen LogP contribution in [0.3, 0.4) is 0 Å². The molecule has 5 heteroatoms. The lowest BCUT2D eigenvalue weighted by atomic mass is 9.76. The number of carboxylic acid groups (broad SMARTS) is 1. The normalized spacial score (nSPS) is 20.1. The molecule has 2 N–H and O–H groups in total. The van der Waals surface area contributed by atoms with E-state index in [4.69, 9.17) is 9.84 Å². The van der Waals surface area contributed by atoms with Gasteiger partial charge in [0.15, 0.2) is 0 Å². The highest BCUT2D eigenvalue weighted by Gasteiger charge is 2.45. The molecule has 0 spiro atoms. The van der Waals surface area contributed by atoms with Gasteiger partial charge < -0.3 is 15.2 Å². The van der Waals surface area contributed by atoms with Crippen LogP contribution in [0.2, 0.25) is 0 Å². The molecule has 1 atom stereocenters. The highest BCUT2D eigenvalue weighted by atomic mass is 16.5. The molecule has 1 unspecified atom stereocenters. The number of carbonyl (C=O) groups excluding carboxylic acids is 1. The molecule has 1 saturated carbocycles. The van der Waals surface area contributed by atoms with Crippen LogP contribution < -0.4 is 5.32 Å². The molecule has 0 aromatic heterocycles. The summed E-state index contributed by atoms with van der Waals surface area (Å²) >= 11 is 0. The van der Waals surface area contributed by atoms with Crippen LogP contribution in [-0.2, 0) is 14.3 Å². The summed E-state index contributed by atoms with van der Waals surface area (Å²) in [5.74, 6) is -1.20. The Balaban J connectivity index is 2.46. The Morgan fingerprint density at radius 2 is 2.13 bits per heavy atom. The van der Waals surface area contributed by atoms with Crippen LogP contribution in [0.4, 0.5) is 0 Å². The first-order valence-electron chi connectivity index (χ1n) is 5.07. The fraction of sp³-hybridized carbons (Fsp3) is 0.800. The minimum atomic E-state index is -1.01. The van der Waals surface area contributed by atoms with Crippen LogP contribution in [0.25, 0.3) is 0 Å². The van der Waals surface area contributed by atoms with Crippen LogP contribution in [0.15, 0.2) is 0 Å². The number of hydrogen-bond acceptors (Lipinski definition) is 3. The van der Waals surface area contributed by atoms with E-state index in [9.17, 15) is 9.59 Å². The Labute approximate surface area is 88.8 Å². The fourth-order valence-electron chi connectivity index (χ4n) is 1.58. The van der Waals surface area contributed by atoms with Crippen molar-refractivity contribution < 1.29 is 19.4 Å². The molecule has 1 rings (SSSR count). The Morgan fingerprint density at radius 3 is 2.47 bits per heavy atom. The average Bonchev–Trinajstić information content (AvgIpc) is 2.10. The molecule has 0 radical (unpaired) electrons. The van der Waals surface area contributed by atoms with Gasteiger partial charge in [-0.05, 0) is 26.2 Å². The molecule has 5 nitrogen and oxygen atoms in total. The summed E-state index contributed by atoms with van der Waals surface area (Å²) < 4.78 is 4.94. The van der Waals surface area contributed by atoms with E-state index in [0.29, 0.717) is 12.8 Å². The number of nitrogens with one attached hydrogen (secondary N) is 1. The molecular formula is C10H17NO4. The maximum Gasteiger partial charge on any atom is 0.329 e. The van der Waals surface area contributed by atoms with Crippen LogP contribution in [-0.4, -0.2) is 35.7 Å². The van der Waals surface area contributed by atoms with Gasteiger partial charge in [-0.3, -0.25) is 4.79 Å². The number of rotatable bonds is 5. The van der Waals surface area contributed by atoms with Crippen molar-refractivity contribution in [3.8, 4) is 0 Å². The molecule has 0 aromatic carbocycles. The summed E-state index contributed by atoms with van der Waals surface area (Å²) in [6.45, 7) is 1.77. The summed E-state index contributed by atoms with van der Waals surface area (Å²) in [5, 5.41) is 11.6. The molecule has 1 fully saturated rings. The van der Waals surface area contributed by atoms with Gasteiger partial charge in [0.1, 0.15) is 5.54 Å². The van der Waals surface area contributed by atoms with Crippen LogP contribution in [0.1, 0.15) is 32.6 Å². The molecular weight excluding hydrogens is 198 g/mol. The number of amides is 1. The first-order chi connectivity index (χ1) is 7.00. The smallest absolute Gasteiger partial charge is 0.329 e. The van der Waals surface area contributed by atoms with Crippen molar-refractivity contribution in [3.63, 3.8) is 0 Å². The van der Waals surface area contributed by atoms with E-state index < -0.39 is 11.5 Å². The Morgan fingerprint density at radius 1 is 1.53 bits per heavy atom. The van der Waals surface area contributed by atoms with E-state index in [1.54, 1.807) is 6.92 Å². The van der Waals surface area contributed by atoms with Crippen LogP contribution in [0, 0.1) is 0 Å². The first-order valence-corrected chi connectivity index (χ1v) is 5.07. The molecule has 0 heterocycles. The van der Waals surface area contributed by atoms with E-state index in [1.165, 1.54) is 7.11 Å². The third-order valence-electron chi connectivity index (χ3n) is 2.87. The van der Waals surface area contributed by atoms with Crippen LogP contribution in [0.5, 0.6) is 0 Å². The van der Waals surface area contributed by atoms with Gasteiger partial charge >= 0.3 is 5.97 Å². The summed E-state index contributed by atoms with van der Waals surface area (Å²) in [5.41, 5.74) is -1.01. The monoisotopic (exact) mass is 215 g/mol. The van der Waals surface area contributed by atoms with Crippen molar-refractivity contribution in [2.45, 2.75) is 44.2 Å². The lowest BCUT2D eigenvalue weighted by Crippen LogP contribution is -2.59. The number of methoxy groups -OCH3 is 1. The van der Waals surface area contributed by atoms with Crippen molar-refractivity contribution in [1.82, 2.24) is 5.32 Å². The van der Waals surface area contributed by atoms with E-state index in [-0.39, 0.29) is 18.4 Å². The topological polar surface area (TPSA) is 75.6 Å². The van der Waals surface area contributed by atoms with Gasteiger partial charge in [-0.15, -0.1) is 0 Å². The SMILES string of the molecule is COC(C)CC(=O)NC1(C(=O)O)CCC1. The fourth-order valence-corrected chi connectivity index (χ4v) is 1.58.